The van der Waals surface area contributed by atoms with Gasteiger partial charge in [0.05, 0.1) is 0 Å². The molecule has 3 heteroatoms. The summed E-state index contributed by atoms with van der Waals surface area (Å²) in [5, 5.41) is 3.67. The molecule has 1 atom stereocenters. The Morgan fingerprint density at radius 3 is 2.69 bits per heavy atom. The number of hydrogen-bond donors (Lipinski definition) is 1. The maximum Gasteiger partial charge on any atom is 0.0480 e. The summed E-state index contributed by atoms with van der Waals surface area (Å²) in [7, 11) is 0. The van der Waals surface area contributed by atoms with Gasteiger partial charge in [-0.25, -0.2) is 0 Å². The first kappa shape index (κ1) is 12.1. The van der Waals surface area contributed by atoms with Crippen molar-refractivity contribution < 1.29 is 4.74 Å². The van der Waals surface area contributed by atoms with Crippen LogP contribution in [0, 0.1) is 0 Å². The van der Waals surface area contributed by atoms with E-state index in [2.05, 4.69) is 52.4 Å². The van der Waals surface area contributed by atoms with Crippen molar-refractivity contribution in [2.24, 2.45) is 0 Å². The summed E-state index contributed by atoms with van der Waals surface area (Å²) in [4.78, 5) is 0. The third kappa shape index (κ3) is 3.06. The van der Waals surface area contributed by atoms with Crippen molar-refractivity contribution in [3.05, 3.63) is 34.3 Å². The summed E-state index contributed by atoms with van der Waals surface area (Å²) >= 11 is 3.60. The van der Waals surface area contributed by atoms with Gasteiger partial charge >= 0.3 is 0 Å². The molecule has 16 heavy (non-hydrogen) atoms. The molecule has 0 aliphatic carbocycles. The second-order valence-electron chi connectivity index (χ2n) is 4.30. The highest BCUT2D eigenvalue weighted by molar-refractivity contribution is 9.10. The monoisotopic (exact) mass is 283 g/mol. The van der Waals surface area contributed by atoms with E-state index < -0.39 is 0 Å². The lowest BCUT2D eigenvalue weighted by Crippen LogP contribution is -2.36. The number of nitrogens with one attached hydrogen (secondary N) is 1. The molecule has 0 amide bonds. The molecular formula is C13H18BrNO. The van der Waals surface area contributed by atoms with Crippen LogP contribution in [0.1, 0.15) is 31.4 Å². The number of halogens is 1. The molecule has 1 fully saturated rings. The lowest BCUT2D eigenvalue weighted by molar-refractivity contribution is 0.0754. The van der Waals surface area contributed by atoms with E-state index >= 15 is 0 Å². The quantitative estimate of drug-likeness (QED) is 0.919. The van der Waals surface area contributed by atoms with E-state index in [1.54, 1.807) is 0 Å². The van der Waals surface area contributed by atoms with E-state index in [4.69, 9.17) is 4.74 Å². The molecule has 1 aromatic rings. The zero-order chi connectivity index (χ0) is 11.4. The molecule has 1 aliphatic heterocycles. The first-order chi connectivity index (χ1) is 7.77. The maximum absolute atomic E-state index is 5.36. The van der Waals surface area contributed by atoms with Crippen molar-refractivity contribution in [1.29, 1.82) is 0 Å². The van der Waals surface area contributed by atoms with Gasteiger partial charge in [0.15, 0.2) is 0 Å². The van der Waals surface area contributed by atoms with E-state index in [0.717, 1.165) is 26.1 Å². The third-order valence-corrected chi connectivity index (χ3v) is 3.80. The van der Waals surface area contributed by atoms with E-state index in [1.807, 2.05) is 0 Å². The first-order valence-corrected chi connectivity index (χ1v) is 6.65. The Hall–Kier alpha value is -0.380. The molecule has 0 radical (unpaired) electrons. The average Bonchev–Trinajstić information content (AvgIpc) is 2.31. The van der Waals surface area contributed by atoms with Gasteiger partial charge in [0.2, 0.25) is 0 Å². The fraction of sp³-hybridized carbons (Fsp3) is 0.538. The Labute approximate surface area is 106 Å². The van der Waals surface area contributed by atoms with Crippen LogP contribution in [-0.2, 0) is 4.74 Å². The number of benzene rings is 1. The predicted octanol–water partition coefficient (Wildman–Crippen LogP) is 3.28. The lowest BCUT2D eigenvalue weighted by atomic mass is 10.0. The van der Waals surface area contributed by atoms with Crippen LogP contribution in [0.15, 0.2) is 28.7 Å². The van der Waals surface area contributed by atoms with Crippen molar-refractivity contribution in [1.82, 2.24) is 5.32 Å². The van der Waals surface area contributed by atoms with Crippen LogP contribution < -0.4 is 5.32 Å². The van der Waals surface area contributed by atoms with E-state index in [0.29, 0.717) is 12.1 Å². The molecule has 2 rings (SSSR count). The zero-order valence-corrected chi connectivity index (χ0v) is 11.2. The zero-order valence-electron chi connectivity index (χ0n) is 9.58. The van der Waals surface area contributed by atoms with Gasteiger partial charge < -0.3 is 10.1 Å². The Kier molecular flexibility index (Phi) is 4.38. The molecule has 0 bridgehead atoms. The summed E-state index contributed by atoms with van der Waals surface area (Å²) in [5.41, 5.74) is 1.33. The Morgan fingerprint density at radius 1 is 1.31 bits per heavy atom. The minimum absolute atomic E-state index is 0.388. The van der Waals surface area contributed by atoms with Crippen LogP contribution in [-0.4, -0.2) is 19.3 Å². The minimum Gasteiger partial charge on any atom is -0.381 e. The van der Waals surface area contributed by atoms with Crippen LogP contribution in [0.2, 0.25) is 0 Å². The second-order valence-corrected chi connectivity index (χ2v) is 5.15. The van der Waals surface area contributed by atoms with Crippen LogP contribution in [0.5, 0.6) is 0 Å². The maximum atomic E-state index is 5.36. The number of ether oxygens (including phenoxy) is 1. The first-order valence-electron chi connectivity index (χ1n) is 5.85. The van der Waals surface area contributed by atoms with Gasteiger partial charge in [-0.2, -0.15) is 0 Å². The Balaban J connectivity index is 1.96. The van der Waals surface area contributed by atoms with Gasteiger partial charge in [0.1, 0.15) is 0 Å². The summed E-state index contributed by atoms with van der Waals surface area (Å²) in [6, 6.07) is 9.38. The molecular weight excluding hydrogens is 266 g/mol. The van der Waals surface area contributed by atoms with Crippen molar-refractivity contribution >= 4 is 15.9 Å². The Morgan fingerprint density at radius 2 is 2.00 bits per heavy atom. The van der Waals surface area contributed by atoms with Crippen LogP contribution in [0.25, 0.3) is 0 Å². The molecule has 88 valence electrons. The van der Waals surface area contributed by atoms with Gasteiger partial charge in [-0.05, 0) is 31.4 Å². The van der Waals surface area contributed by atoms with E-state index in [9.17, 15) is 0 Å². The molecule has 0 spiro atoms. The summed E-state index contributed by atoms with van der Waals surface area (Å²) < 4.78 is 6.54. The molecule has 0 aromatic heterocycles. The van der Waals surface area contributed by atoms with Crippen molar-refractivity contribution in [2.75, 3.05) is 13.2 Å². The molecule has 1 N–H and O–H groups in total. The molecule has 2 nitrogen and oxygen atoms in total. The van der Waals surface area contributed by atoms with E-state index in [-0.39, 0.29) is 0 Å². The van der Waals surface area contributed by atoms with Crippen LogP contribution >= 0.6 is 15.9 Å². The minimum atomic E-state index is 0.388. The van der Waals surface area contributed by atoms with Gasteiger partial charge in [0, 0.05) is 29.8 Å². The largest absolute Gasteiger partial charge is 0.381 e. The van der Waals surface area contributed by atoms with Crippen molar-refractivity contribution in [3.8, 4) is 0 Å². The summed E-state index contributed by atoms with van der Waals surface area (Å²) in [5.74, 6) is 0. The van der Waals surface area contributed by atoms with Crippen molar-refractivity contribution in [2.45, 2.75) is 31.8 Å². The topological polar surface area (TPSA) is 21.3 Å². The smallest absolute Gasteiger partial charge is 0.0480 e. The highest BCUT2D eigenvalue weighted by Gasteiger charge is 2.17. The SMILES string of the molecule is C[C@H](NC1CCOCC1)c1ccccc1Br. The lowest BCUT2D eigenvalue weighted by Gasteiger charge is -2.27. The number of rotatable bonds is 3. The Bertz CT molecular complexity index is 336. The second kappa shape index (κ2) is 5.80. The fourth-order valence-corrected chi connectivity index (χ4v) is 2.76. The van der Waals surface area contributed by atoms with Gasteiger partial charge in [-0.15, -0.1) is 0 Å². The van der Waals surface area contributed by atoms with Gasteiger partial charge in [-0.1, -0.05) is 34.1 Å². The van der Waals surface area contributed by atoms with Gasteiger partial charge in [-0.3, -0.25) is 0 Å². The molecule has 1 saturated heterocycles. The van der Waals surface area contributed by atoms with Gasteiger partial charge in [0.25, 0.3) is 0 Å². The molecule has 0 saturated carbocycles. The average molecular weight is 284 g/mol. The predicted molar refractivity (Wildman–Crippen MR) is 69.5 cm³/mol. The third-order valence-electron chi connectivity index (χ3n) is 3.08. The number of hydrogen-bond acceptors (Lipinski definition) is 2. The highest BCUT2D eigenvalue weighted by Crippen LogP contribution is 2.24. The molecule has 0 unspecified atom stereocenters. The molecule has 1 aliphatic rings. The molecule has 1 heterocycles. The normalized spacial score (nSPS) is 19.6. The summed E-state index contributed by atoms with van der Waals surface area (Å²) in [6.45, 7) is 4.00. The summed E-state index contributed by atoms with van der Waals surface area (Å²) in [6.07, 6.45) is 2.24. The standard InChI is InChI=1S/C13H18BrNO/c1-10(12-4-2-3-5-13(12)14)15-11-6-8-16-9-7-11/h2-5,10-11,15H,6-9H2,1H3/t10-/m0/s1. The van der Waals surface area contributed by atoms with Crippen molar-refractivity contribution in [3.63, 3.8) is 0 Å². The fourth-order valence-electron chi connectivity index (χ4n) is 2.13. The van der Waals surface area contributed by atoms with E-state index in [1.165, 1.54) is 10.0 Å². The molecule has 1 aromatic carbocycles. The van der Waals surface area contributed by atoms with Crippen LogP contribution in [0.4, 0.5) is 0 Å². The van der Waals surface area contributed by atoms with Crippen LogP contribution in [0.3, 0.4) is 0 Å². The highest BCUT2D eigenvalue weighted by atomic mass is 79.9.